The molecule has 1 aliphatic heterocycles. The minimum atomic E-state index is -1.26. The molecule has 1 aromatic rings. The average molecular weight is 515 g/mol. The van der Waals surface area contributed by atoms with Gasteiger partial charge in [-0.2, -0.15) is 0 Å². The van der Waals surface area contributed by atoms with Crippen LogP contribution in [0.15, 0.2) is 30.3 Å². The highest BCUT2D eigenvalue weighted by atomic mass is 32.2. The molecule has 0 aliphatic carbocycles. The van der Waals surface area contributed by atoms with Crippen molar-refractivity contribution in [2.45, 2.75) is 64.2 Å². The fourth-order valence-corrected chi connectivity index (χ4v) is 4.33. The highest BCUT2D eigenvalue weighted by Gasteiger charge is 2.52. The van der Waals surface area contributed by atoms with Gasteiger partial charge >= 0.3 is 23.9 Å². The monoisotopic (exact) mass is 514 g/mol. The first-order valence-electron chi connectivity index (χ1n) is 10.2. The van der Waals surface area contributed by atoms with Crippen molar-refractivity contribution in [1.29, 1.82) is 0 Å². The summed E-state index contributed by atoms with van der Waals surface area (Å²) in [5, 5.41) is 0. The molecule has 2 rings (SSSR count). The van der Waals surface area contributed by atoms with Gasteiger partial charge < -0.3 is 28.4 Å². The van der Waals surface area contributed by atoms with E-state index in [1.165, 1.54) is 13.8 Å². The Labute approximate surface area is 206 Å². The summed E-state index contributed by atoms with van der Waals surface area (Å²) in [5.41, 5.74) is -0.143. The van der Waals surface area contributed by atoms with Crippen molar-refractivity contribution in [2.75, 3.05) is 6.61 Å². The van der Waals surface area contributed by atoms with Gasteiger partial charge in [0.05, 0.1) is 0 Å². The third kappa shape index (κ3) is 8.92. The SMILES string of the molecule is CC(=O)OC[C@H]1O[C@@H](SC(=S)OCc2ccccc2)[C@H](OC(C)=O)[C@@H](OC(C)=O)[C@H]1OC(C)=O. The van der Waals surface area contributed by atoms with Gasteiger partial charge in [0.15, 0.2) is 23.7 Å². The van der Waals surface area contributed by atoms with Crippen LogP contribution in [0.3, 0.4) is 0 Å². The Morgan fingerprint density at radius 3 is 1.94 bits per heavy atom. The largest absolute Gasteiger partial charge is 0.474 e. The number of carbonyl (C=O) groups excluding carboxylic acids is 4. The number of thioether (sulfide) groups is 1. The van der Waals surface area contributed by atoms with E-state index in [9.17, 15) is 19.2 Å². The third-order valence-corrected chi connectivity index (χ3v) is 5.69. The van der Waals surface area contributed by atoms with E-state index in [1.807, 2.05) is 30.3 Å². The van der Waals surface area contributed by atoms with Crippen molar-refractivity contribution in [1.82, 2.24) is 0 Å². The summed E-state index contributed by atoms with van der Waals surface area (Å²) >= 11 is 6.23. The maximum Gasteiger partial charge on any atom is 0.303 e. The Balaban J connectivity index is 2.29. The maximum atomic E-state index is 11.8. The van der Waals surface area contributed by atoms with Gasteiger partial charge in [0.1, 0.15) is 19.3 Å². The third-order valence-electron chi connectivity index (χ3n) is 4.36. The Bertz CT molecular complexity index is 891. The molecule has 0 unspecified atom stereocenters. The van der Waals surface area contributed by atoms with Crippen LogP contribution in [0.25, 0.3) is 0 Å². The van der Waals surface area contributed by atoms with E-state index in [0.29, 0.717) is 0 Å². The zero-order valence-corrected chi connectivity index (χ0v) is 20.7. The van der Waals surface area contributed by atoms with Crippen molar-refractivity contribution in [3.8, 4) is 0 Å². The summed E-state index contributed by atoms with van der Waals surface area (Å²) in [6, 6.07) is 9.31. The fraction of sp³-hybridized carbons (Fsp3) is 0.500. The summed E-state index contributed by atoms with van der Waals surface area (Å²) < 4.78 is 32.8. The first kappa shape index (κ1) is 27.5. The van der Waals surface area contributed by atoms with Crippen LogP contribution in [0, 0.1) is 0 Å². The number of carbonyl (C=O) groups is 4. The molecule has 1 fully saturated rings. The molecular formula is C22H26O10S2. The number of hydrogen-bond acceptors (Lipinski definition) is 12. The molecule has 34 heavy (non-hydrogen) atoms. The van der Waals surface area contributed by atoms with Gasteiger partial charge in [-0.25, -0.2) is 0 Å². The first-order chi connectivity index (χ1) is 16.1. The molecule has 10 nitrogen and oxygen atoms in total. The number of rotatable bonds is 8. The van der Waals surface area contributed by atoms with E-state index in [2.05, 4.69) is 0 Å². The number of hydrogen-bond donors (Lipinski definition) is 0. The van der Waals surface area contributed by atoms with Crippen molar-refractivity contribution < 1.29 is 47.6 Å². The molecule has 0 radical (unpaired) electrons. The molecule has 186 valence electrons. The van der Waals surface area contributed by atoms with E-state index in [4.69, 9.17) is 40.6 Å². The molecule has 1 aliphatic rings. The normalized spacial score (nSPS) is 23.8. The highest BCUT2D eigenvalue weighted by molar-refractivity contribution is 8.22. The number of benzene rings is 1. The van der Waals surface area contributed by atoms with Gasteiger partial charge in [-0.05, 0) is 29.5 Å². The van der Waals surface area contributed by atoms with Crippen LogP contribution in [0.5, 0.6) is 0 Å². The lowest BCUT2D eigenvalue weighted by Gasteiger charge is -2.43. The average Bonchev–Trinajstić information content (AvgIpc) is 2.75. The van der Waals surface area contributed by atoms with Crippen LogP contribution in [0.4, 0.5) is 0 Å². The summed E-state index contributed by atoms with van der Waals surface area (Å²) in [7, 11) is 0. The standard InChI is InChI=1S/C22H26O10S2/c1-12(23)27-11-17-18(29-13(2)24)19(30-14(3)25)20(31-15(4)26)21(32-17)34-22(33)28-10-16-8-6-5-7-9-16/h5-9,17-21H,10-11H2,1-4H3/t17-,18+,19+,20-,21+/m1/s1. The minimum Gasteiger partial charge on any atom is -0.474 e. The fourth-order valence-electron chi connectivity index (χ4n) is 3.13. The molecule has 0 spiro atoms. The van der Waals surface area contributed by atoms with Crippen molar-refractivity contribution >= 4 is 52.2 Å². The van der Waals surface area contributed by atoms with Crippen LogP contribution >= 0.6 is 24.0 Å². The summed E-state index contributed by atoms with van der Waals surface area (Å²) in [4.78, 5) is 46.8. The lowest BCUT2D eigenvalue weighted by Crippen LogP contribution is -2.61. The van der Waals surface area contributed by atoms with E-state index >= 15 is 0 Å². The maximum absolute atomic E-state index is 11.8. The van der Waals surface area contributed by atoms with Gasteiger partial charge in [0.25, 0.3) is 0 Å². The van der Waals surface area contributed by atoms with Crippen LogP contribution < -0.4 is 0 Å². The van der Waals surface area contributed by atoms with E-state index < -0.39 is 53.7 Å². The molecule has 0 amide bonds. The van der Waals surface area contributed by atoms with Crippen LogP contribution in [0.1, 0.15) is 33.3 Å². The number of thiocarbonyl (C=S) groups is 1. The van der Waals surface area contributed by atoms with Gasteiger partial charge in [-0.1, -0.05) is 30.3 Å². The molecule has 0 aromatic heterocycles. The molecule has 12 heteroatoms. The summed E-state index contributed by atoms with van der Waals surface area (Å²) in [6.45, 7) is 4.56. The summed E-state index contributed by atoms with van der Waals surface area (Å²) in [5.74, 6) is -2.69. The lowest BCUT2D eigenvalue weighted by molar-refractivity contribution is -0.237. The van der Waals surface area contributed by atoms with E-state index in [-0.39, 0.29) is 17.6 Å². The van der Waals surface area contributed by atoms with Crippen LogP contribution in [-0.2, 0) is 54.2 Å². The number of esters is 4. The summed E-state index contributed by atoms with van der Waals surface area (Å²) in [6.07, 6.45) is -4.73. The zero-order chi connectivity index (χ0) is 25.3. The Morgan fingerprint density at radius 1 is 0.824 bits per heavy atom. The Morgan fingerprint density at radius 2 is 1.38 bits per heavy atom. The predicted octanol–water partition coefficient (Wildman–Crippen LogP) is 2.30. The highest BCUT2D eigenvalue weighted by Crippen LogP contribution is 2.35. The smallest absolute Gasteiger partial charge is 0.303 e. The molecule has 1 saturated heterocycles. The molecule has 0 N–H and O–H groups in total. The van der Waals surface area contributed by atoms with Gasteiger partial charge in [-0.15, -0.1) is 0 Å². The van der Waals surface area contributed by atoms with E-state index in [0.717, 1.165) is 31.2 Å². The van der Waals surface area contributed by atoms with Gasteiger partial charge in [0, 0.05) is 27.7 Å². The zero-order valence-electron chi connectivity index (χ0n) is 19.1. The Hall–Kier alpha value is -2.70. The van der Waals surface area contributed by atoms with Crippen molar-refractivity contribution in [3.05, 3.63) is 35.9 Å². The molecule has 1 aromatic carbocycles. The second-order valence-electron chi connectivity index (χ2n) is 7.21. The van der Waals surface area contributed by atoms with E-state index in [1.54, 1.807) is 0 Å². The minimum absolute atomic E-state index is 0.0738. The topological polar surface area (TPSA) is 124 Å². The van der Waals surface area contributed by atoms with Crippen molar-refractivity contribution in [2.24, 2.45) is 0 Å². The number of ether oxygens (including phenoxy) is 6. The molecule has 5 atom stereocenters. The molecule has 0 saturated carbocycles. The molecule has 0 bridgehead atoms. The van der Waals surface area contributed by atoms with Crippen molar-refractivity contribution in [3.63, 3.8) is 0 Å². The molecular weight excluding hydrogens is 488 g/mol. The van der Waals surface area contributed by atoms with Crippen LogP contribution in [0.2, 0.25) is 0 Å². The predicted molar refractivity (Wildman–Crippen MR) is 123 cm³/mol. The second-order valence-corrected chi connectivity index (χ2v) is 8.91. The second kappa shape index (κ2) is 13.3. The van der Waals surface area contributed by atoms with Crippen LogP contribution in [-0.4, -0.2) is 64.7 Å². The van der Waals surface area contributed by atoms with Gasteiger partial charge in [0.2, 0.25) is 4.38 Å². The quantitative estimate of drug-likeness (QED) is 0.287. The molecule has 1 heterocycles. The Kier molecular flexibility index (Phi) is 10.7. The lowest BCUT2D eigenvalue weighted by atomic mass is 9.99. The van der Waals surface area contributed by atoms with Gasteiger partial charge in [-0.3, -0.25) is 19.2 Å². The first-order valence-corrected chi connectivity index (χ1v) is 11.5.